The zero-order chi connectivity index (χ0) is 15.6. The number of amides is 1. The minimum Gasteiger partial charge on any atom is -0.495 e. The molecule has 3 unspecified atom stereocenters. The second kappa shape index (κ2) is 6.16. The summed E-state index contributed by atoms with van der Waals surface area (Å²) in [6.07, 6.45) is 1.18. The van der Waals surface area contributed by atoms with Crippen LogP contribution in [0, 0.1) is 17.8 Å². The first-order valence-corrected chi connectivity index (χ1v) is 7.09. The minimum atomic E-state index is -0.883. The molecule has 1 amide bonds. The Morgan fingerprint density at radius 2 is 1.86 bits per heavy atom. The summed E-state index contributed by atoms with van der Waals surface area (Å²) in [5.74, 6) is -1.24. The van der Waals surface area contributed by atoms with Gasteiger partial charge in [0.15, 0.2) is 0 Å². The lowest BCUT2D eigenvalue weighted by Gasteiger charge is -2.24. The first kappa shape index (κ1) is 15.4. The van der Waals surface area contributed by atoms with Gasteiger partial charge in [0.25, 0.3) is 0 Å². The number of rotatable bonds is 4. The van der Waals surface area contributed by atoms with E-state index in [0.29, 0.717) is 24.3 Å². The maximum absolute atomic E-state index is 12.7. The number of carbonyl (C=O) groups is 2. The monoisotopic (exact) mass is 291 g/mol. The van der Waals surface area contributed by atoms with Gasteiger partial charge in [0.05, 0.1) is 24.6 Å². The van der Waals surface area contributed by atoms with E-state index in [9.17, 15) is 14.7 Å². The van der Waals surface area contributed by atoms with Crippen LogP contribution in [0.4, 0.5) is 5.69 Å². The zero-order valence-corrected chi connectivity index (χ0v) is 12.6. The Morgan fingerprint density at radius 1 is 1.24 bits per heavy atom. The molecule has 2 rings (SSSR count). The van der Waals surface area contributed by atoms with Crippen molar-refractivity contribution in [2.24, 2.45) is 17.8 Å². The second-order valence-electron chi connectivity index (χ2n) is 5.70. The van der Waals surface area contributed by atoms with Crippen LogP contribution in [-0.4, -0.2) is 31.1 Å². The van der Waals surface area contributed by atoms with Crippen molar-refractivity contribution in [3.05, 3.63) is 24.3 Å². The Bertz CT molecular complexity index is 543. The van der Waals surface area contributed by atoms with Gasteiger partial charge in [-0.3, -0.25) is 9.59 Å². The topological polar surface area (TPSA) is 66.8 Å². The molecule has 0 bridgehead atoms. The van der Waals surface area contributed by atoms with Gasteiger partial charge in [-0.05, 0) is 30.9 Å². The van der Waals surface area contributed by atoms with E-state index in [-0.39, 0.29) is 11.8 Å². The highest BCUT2D eigenvalue weighted by Gasteiger charge is 2.42. The van der Waals surface area contributed by atoms with E-state index < -0.39 is 17.8 Å². The summed E-state index contributed by atoms with van der Waals surface area (Å²) < 4.78 is 5.26. The average Bonchev–Trinajstić information content (AvgIpc) is 2.88. The predicted molar refractivity (Wildman–Crippen MR) is 79.4 cm³/mol. The number of hydrogen-bond acceptors (Lipinski definition) is 3. The summed E-state index contributed by atoms with van der Waals surface area (Å²) in [6, 6.07) is 7.24. The molecule has 114 valence electrons. The van der Waals surface area contributed by atoms with E-state index in [4.69, 9.17) is 4.74 Å². The van der Waals surface area contributed by atoms with Crippen LogP contribution in [0.3, 0.4) is 0 Å². The number of carboxylic acid groups (broad SMARTS) is 1. The summed E-state index contributed by atoms with van der Waals surface area (Å²) >= 11 is 0. The summed E-state index contributed by atoms with van der Waals surface area (Å²) in [5, 5.41) is 9.31. The highest BCUT2D eigenvalue weighted by Crippen LogP contribution is 2.39. The third kappa shape index (κ3) is 3.01. The minimum absolute atomic E-state index is 0.156. The van der Waals surface area contributed by atoms with Gasteiger partial charge in [-0.15, -0.1) is 0 Å². The van der Waals surface area contributed by atoms with E-state index >= 15 is 0 Å². The zero-order valence-electron chi connectivity index (χ0n) is 12.6. The first-order chi connectivity index (χ1) is 9.95. The molecule has 0 heterocycles. The maximum Gasteiger partial charge on any atom is 0.307 e. The lowest BCUT2D eigenvalue weighted by atomic mass is 9.94. The number of hydrogen-bond donors (Lipinski definition) is 1. The highest BCUT2D eigenvalue weighted by molar-refractivity contribution is 5.98. The molecule has 1 fully saturated rings. The Labute approximate surface area is 124 Å². The van der Waals surface area contributed by atoms with Gasteiger partial charge in [0.1, 0.15) is 5.75 Å². The van der Waals surface area contributed by atoms with Crippen molar-refractivity contribution in [2.75, 3.05) is 19.1 Å². The van der Waals surface area contributed by atoms with Crippen LogP contribution in [0.25, 0.3) is 0 Å². The number of ether oxygens (including phenoxy) is 1. The van der Waals surface area contributed by atoms with Crippen molar-refractivity contribution in [1.82, 2.24) is 0 Å². The fraction of sp³-hybridized carbons (Fsp3) is 0.500. The quantitative estimate of drug-likeness (QED) is 0.925. The lowest BCUT2D eigenvalue weighted by Crippen LogP contribution is -2.37. The van der Waals surface area contributed by atoms with Gasteiger partial charge in [0, 0.05) is 7.05 Å². The fourth-order valence-corrected chi connectivity index (χ4v) is 3.11. The Kier molecular flexibility index (Phi) is 4.50. The highest BCUT2D eigenvalue weighted by atomic mass is 16.5. The number of anilines is 1. The summed E-state index contributed by atoms with van der Waals surface area (Å²) in [5.41, 5.74) is 0.661. The van der Waals surface area contributed by atoms with Crippen LogP contribution in [0.2, 0.25) is 0 Å². The summed E-state index contributed by atoms with van der Waals surface area (Å²) in [6.45, 7) is 1.99. The molecule has 1 aromatic carbocycles. The number of carbonyl (C=O) groups excluding carboxylic acids is 1. The van der Waals surface area contributed by atoms with Crippen molar-refractivity contribution in [3.63, 3.8) is 0 Å². The molecule has 5 nitrogen and oxygen atoms in total. The number of para-hydroxylation sites is 2. The normalized spacial score (nSPS) is 24.6. The number of benzene rings is 1. The molecule has 0 spiro atoms. The van der Waals surface area contributed by atoms with Gasteiger partial charge in [-0.2, -0.15) is 0 Å². The van der Waals surface area contributed by atoms with E-state index in [1.54, 1.807) is 26.3 Å². The Morgan fingerprint density at radius 3 is 2.48 bits per heavy atom. The van der Waals surface area contributed by atoms with Crippen LogP contribution in [-0.2, 0) is 9.59 Å². The Balaban J connectivity index is 2.24. The van der Waals surface area contributed by atoms with E-state index in [1.165, 1.54) is 4.90 Å². The van der Waals surface area contributed by atoms with Crippen molar-refractivity contribution in [2.45, 2.75) is 19.8 Å². The molecule has 21 heavy (non-hydrogen) atoms. The van der Waals surface area contributed by atoms with Crippen LogP contribution in [0.1, 0.15) is 19.8 Å². The van der Waals surface area contributed by atoms with E-state index in [2.05, 4.69) is 0 Å². The SMILES string of the molecule is COc1ccccc1N(C)C(=O)C1CC(C)CC1C(=O)O. The lowest BCUT2D eigenvalue weighted by molar-refractivity contribution is -0.145. The molecule has 0 radical (unpaired) electrons. The average molecular weight is 291 g/mol. The smallest absolute Gasteiger partial charge is 0.307 e. The third-order valence-electron chi connectivity index (χ3n) is 4.21. The van der Waals surface area contributed by atoms with Gasteiger partial charge in [0.2, 0.25) is 5.91 Å². The van der Waals surface area contributed by atoms with Gasteiger partial charge >= 0.3 is 5.97 Å². The largest absolute Gasteiger partial charge is 0.495 e. The molecular weight excluding hydrogens is 270 g/mol. The molecule has 0 saturated heterocycles. The van der Waals surface area contributed by atoms with E-state index in [0.717, 1.165) is 0 Å². The molecular formula is C16H21NO4. The van der Waals surface area contributed by atoms with Crippen LogP contribution >= 0.6 is 0 Å². The van der Waals surface area contributed by atoms with Gasteiger partial charge in [-0.25, -0.2) is 0 Å². The number of carboxylic acids is 1. The molecule has 1 saturated carbocycles. The summed E-state index contributed by atoms with van der Waals surface area (Å²) in [4.78, 5) is 25.5. The van der Waals surface area contributed by atoms with Crippen LogP contribution in [0.15, 0.2) is 24.3 Å². The molecule has 5 heteroatoms. The predicted octanol–water partition coefficient (Wildman–Crippen LogP) is 2.40. The van der Waals surface area contributed by atoms with Crippen molar-refractivity contribution >= 4 is 17.6 Å². The number of aliphatic carboxylic acids is 1. The third-order valence-corrected chi connectivity index (χ3v) is 4.21. The van der Waals surface area contributed by atoms with Crippen molar-refractivity contribution in [3.8, 4) is 5.75 Å². The van der Waals surface area contributed by atoms with Crippen LogP contribution in [0.5, 0.6) is 5.75 Å². The summed E-state index contributed by atoms with van der Waals surface area (Å²) in [7, 11) is 3.22. The maximum atomic E-state index is 12.7. The Hall–Kier alpha value is -2.04. The molecule has 1 N–H and O–H groups in total. The first-order valence-electron chi connectivity index (χ1n) is 7.09. The molecule has 0 aromatic heterocycles. The van der Waals surface area contributed by atoms with Gasteiger partial charge < -0.3 is 14.7 Å². The van der Waals surface area contributed by atoms with Gasteiger partial charge in [-0.1, -0.05) is 19.1 Å². The van der Waals surface area contributed by atoms with Crippen molar-refractivity contribution in [1.29, 1.82) is 0 Å². The molecule has 1 aliphatic rings. The van der Waals surface area contributed by atoms with E-state index in [1.807, 2.05) is 19.1 Å². The molecule has 1 aromatic rings. The second-order valence-corrected chi connectivity index (χ2v) is 5.70. The van der Waals surface area contributed by atoms with Crippen LogP contribution < -0.4 is 9.64 Å². The number of nitrogens with zero attached hydrogens (tertiary/aromatic N) is 1. The van der Waals surface area contributed by atoms with Crippen molar-refractivity contribution < 1.29 is 19.4 Å². The molecule has 3 atom stereocenters. The standard InChI is InChI=1S/C16H21NO4/c1-10-8-11(12(9-10)16(19)20)15(18)17(2)13-6-4-5-7-14(13)21-3/h4-7,10-12H,8-9H2,1-3H3,(H,19,20). The number of methoxy groups -OCH3 is 1. The molecule has 0 aliphatic heterocycles. The fourth-order valence-electron chi connectivity index (χ4n) is 3.11. The molecule has 1 aliphatic carbocycles.